The van der Waals surface area contributed by atoms with Gasteiger partial charge in [-0.3, -0.25) is 9.88 Å². The zero-order valence-corrected chi connectivity index (χ0v) is 10.8. The molecule has 1 aromatic heterocycles. The molecular formula is C13H20N2S. The topological polar surface area (TPSA) is 16.1 Å². The number of hydrogen-bond acceptors (Lipinski definition) is 3. The summed E-state index contributed by atoms with van der Waals surface area (Å²) >= 11 is 4.22. The first-order chi connectivity index (χ1) is 7.81. The van der Waals surface area contributed by atoms with E-state index in [0.717, 1.165) is 18.6 Å². The summed E-state index contributed by atoms with van der Waals surface area (Å²) in [6.45, 7) is 1.21. The normalized spacial score (nSPS) is 21.5. The second kappa shape index (κ2) is 5.69. The molecule has 88 valence electrons. The fraction of sp³-hybridized carbons (Fsp3) is 0.615. The van der Waals surface area contributed by atoms with Crippen LogP contribution in [0.4, 0.5) is 0 Å². The third-order valence-corrected chi connectivity index (χ3v) is 3.66. The van der Waals surface area contributed by atoms with Gasteiger partial charge in [0.25, 0.3) is 0 Å². The third-order valence-electron chi connectivity index (χ3n) is 3.34. The molecule has 2 nitrogen and oxygen atoms in total. The Bertz CT molecular complexity index is 323. The molecule has 1 unspecified atom stereocenters. The van der Waals surface area contributed by atoms with E-state index in [0.29, 0.717) is 6.04 Å². The molecule has 2 rings (SSSR count). The van der Waals surface area contributed by atoms with Crippen molar-refractivity contribution in [1.82, 2.24) is 9.88 Å². The number of thiol groups is 1. The maximum Gasteiger partial charge on any atom is 0.0404 e. The van der Waals surface area contributed by atoms with Gasteiger partial charge >= 0.3 is 0 Å². The fourth-order valence-electron chi connectivity index (χ4n) is 2.37. The predicted molar refractivity (Wildman–Crippen MR) is 71.0 cm³/mol. The van der Waals surface area contributed by atoms with Crippen LogP contribution in [0.3, 0.4) is 0 Å². The van der Waals surface area contributed by atoms with Crippen molar-refractivity contribution in [3.63, 3.8) is 0 Å². The van der Waals surface area contributed by atoms with E-state index in [1.807, 2.05) is 0 Å². The number of likely N-dealkylation sites (tertiary alicyclic amines) is 1. The van der Waals surface area contributed by atoms with Crippen LogP contribution in [0.1, 0.15) is 36.6 Å². The van der Waals surface area contributed by atoms with Crippen molar-refractivity contribution in [2.75, 3.05) is 19.3 Å². The molecule has 2 heterocycles. The SMILES string of the molecule is CN1CCCC1c1ccc(CCCS)nc1. The van der Waals surface area contributed by atoms with E-state index in [-0.39, 0.29) is 0 Å². The Kier molecular flexibility index (Phi) is 4.24. The van der Waals surface area contributed by atoms with Crippen LogP contribution < -0.4 is 0 Å². The Balaban J connectivity index is 2.01. The zero-order valence-electron chi connectivity index (χ0n) is 9.89. The quantitative estimate of drug-likeness (QED) is 0.809. The number of nitrogens with zero attached hydrogens (tertiary/aromatic N) is 2. The molecule has 1 fully saturated rings. The summed E-state index contributed by atoms with van der Waals surface area (Å²) < 4.78 is 0. The Labute approximate surface area is 103 Å². The van der Waals surface area contributed by atoms with E-state index in [9.17, 15) is 0 Å². The van der Waals surface area contributed by atoms with Gasteiger partial charge in [-0.05, 0) is 56.7 Å². The van der Waals surface area contributed by atoms with Crippen LogP contribution in [0.25, 0.3) is 0 Å². The largest absolute Gasteiger partial charge is 0.299 e. The van der Waals surface area contributed by atoms with Crippen LogP contribution in [0.15, 0.2) is 18.3 Å². The van der Waals surface area contributed by atoms with E-state index in [4.69, 9.17) is 0 Å². The van der Waals surface area contributed by atoms with Crippen molar-refractivity contribution < 1.29 is 0 Å². The van der Waals surface area contributed by atoms with Crippen LogP contribution in [0, 0.1) is 0 Å². The highest BCUT2D eigenvalue weighted by molar-refractivity contribution is 7.80. The van der Waals surface area contributed by atoms with Crippen LogP contribution in [0.2, 0.25) is 0 Å². The maximum atomic E-state index is 4.53. The van der Waals surface area contributed by atoms with Crippen LogP contribution in [0.5, 0.6) is 0 Å². The lowest BCUT2D eigenvalue weighted by molar-refractivity contribution is 0.317. The van der Waals surface area contributed by atoms with Gasteiger partial charge in [-0.2, -0.15) is 12.6 Å². The van der Waals surface area contributed by atoms with Crippen molar-refractivity contribution in [1.29, 1.82) is 0 Å². The van der Waals surface area contributed by atoms with Crippen molar-refractivity contribution in [3.8, 4) is 0 Å². The minimum atomic E-state index is 0.589. The Morgan fingerprint density at radius 2 is 2.38 bits per heavy atom. The van der Waals surface area contributed by atoms with E-state index < -0.39 is 0 Å². The van der Waals surface area contributed by atoms with Crippen molar-refractivity contribution in [3.05, 3.63) is 29.6 Å². The van der Waals surface area contributed by atoms with Gasteiger partial charge in [-0.15, -0.1) is 0 Å². The molecule has 0 saturated carbocycles. The highest BCUT2D eigenvalue weighted by atomic mass is 32.1. The monoisotopic (exact) mass is 236 g/mol. The molecule has 0 N–H and O–H groups in total. The van der Waals surface area contributed by atoms with E-state index in [2.05, 4.69) is 47.9 Å². The summed E-state index contributed by atoms with van der Waals surface area (Å²) in [4.78, 5) is 6.96. The second-order valence-corrected chi connectivity index (χ2v) is 5.00. The summed E-state index contributed by atoms with van der Waals surface area (Å²) in [6.07, 6.45) is 6.79. The van der Waals surface area contributed by atoms with Crippen molar-refractivity contribution in [2.24, 2.45) is 0 Å². The van der Waals surface area contributed by atoms with Crippen molar-refractivity contribution in [2.45, 2.75) is 31.7 Å². The molecule has 0 spiro atoms. The van der Waals surface area contributed by atoms with E-state index in [1.165, 1.54) is 30.6 Å². The summed E-state index contributed by atoms with van der Waals surface area (Å²) in [5.74, 6) is 0.939. The lowest BCUT2D eigenvalue weighted by atomic mass is 10.1. The molecule has 1 saturated heterocycles. The molecule has 0 amide bonds. The number of rotatable bonds is 4. The molecular weight excluding hydrogens is 216 g/mol. The minimum Gasteiger partial charge on any atom is -0.299 e. The molecule has 1 aromatic rings. The number of aromatic nitrogens is 1. The average molecular weight is 236 g/mol. The standard InChI is InChI=1S/C13H20N2S/c1-15-8-2-5-13(15)11-6-7-12(14-10-11)4-3-9-16/h6-7,10,13,16H,2-5,8-9H2,1H3. The third kappa shape index (κ3) is 2.77. The highest BCUT2D eigenvalue weighted by Gasteiger charge is 2.22. The van der Waals surface area contributed by atoms with Gasteiger partial charge in [-0.1, -0.05) is 6.07 Å². The summed E-state index contributed by atoms with van der Waals surface area (Å²) in [7, 11) is 2.20. The van der Waals surface area contributed by atoms with E-state index in [1.54, 1.807) is 0 Å². The molecule has 0 radical (unpaired) electrons. The Morgan fingerprint density at radius 1 is 1.50 bits per heavy atom. The highest BCUT2D eigenvalue weighted by Crippen LogP contribution is 2.29. The smallest absolute Gasteiger partial charge is 0.0404 e. The van der Waals surface area contributed by atoms with E-state index >= 15 is 0 Å². The fourth-order valence-corrected chi connectivity index (χ4v) is 2.53. The maximum absolute atomic E-state index is 4.53. The first kappa shape index (κ1) is 11.9. The van der Waals surface area contributed by atoms with Gasteiger partial charge in [0.05, 0.1) is 0 Å². The molecule has 1 aliphatic rings. The molecule has 1 atom stereocenters. The molecule has 16 heavy (non-hydrogen) atoms. The van der Waals surface area contributed by atoms with Gasteiger partial charge in [0.15, 0.2) is 0 Å². The number of aryl methyl sites for hydroxylation is 1. The predicted octanol–water partition coefficient (Wildman–Crippen LogP) is 2.71. The van der Waals surface area contributed by atoms with Gasteiger partial charge in [-0.25, -0.2) is 0 Å². The van der Waals surface area contributed by atoms with Gasteiger partial charge in [0.2, 0.25) is 0 Å². The first-order valence-electron chi connectivity index (χ1n) is 6.07. The average Bonchev–Trinajstić information content (AvgIpc) is 2.74. The summed E-state index contributed by atoms with van der Waals surface area (Å²) in [5, 5.41) is 0. The molecule has 0 bridgehead atoms. The van der Waals surface area contributed by atoms with Crippen molar-refractivity contribution >= 4 is 12.6 Å². The molecule has 3 heteroatoms. The first-order valence-corrected chi connectivity index (χ1v) is 6.70. The van der Waals surface area contributed by atoms with Gasteiger partial charge in [0.1, 0.15) is 0 Å². The van der Waals surface area contributed by atoms with Gasteiger partial charge in [0, 0.05) is 17.9 Å². The lowest BCUT2D eigenvalue weighted by Gasteiger charge is -2.19. The Morgan fingerprint density at radius 3 is 2.94 bits per heavy atom. The van der Waals surface area contributed by atoms with Crippen LogP contribution in [-0.2, 0) is 6.42 Å². The lowest BCUT2D eigenvalue weighted by Crippen LogP contribution is -2.17. The second-order valence-electron chi connectivity index (χ2n) is 4.55. The zero-order chi connectivity index (χ0) is 11.4. The minimum absolute atomic E-state index is 0.589. The van der Waals surface area contributed by atoms with Crippen LogP contribution >= 0.6 is 12.6 Å². The van der Waals surface area contributed by atoms with Crippen LogP contribution in [-0.4, -0.2) is 29.2 Å². The summed E-state index contributed by atoms with van der Waals surface area (Å²) in [6, 6.07) is 5.00. The molecule has 0 aromatic carbocycles. The number of hydrogen-bond donors (Lipinski definition) is 1. The number of pyridine rings is 1. The molecule has 0 aliphatic carbocycles. The molecule has 1 aliphatic heterocycles. The summed E-state index contributed by atoms with van der Waals surface area (Å²) in [5.41, 5.74) is 2.56. The Hall–Kier alpha value is -0.540. The van der Waals surface area contributed by atoms with Gasteiger partial charge < -0.3 is 0 Å².